The fourth-order valence-corrected chi connectivity index (χ4v) is 1.90. The molecule has 0 aliphatic heterocycles. The molecule has 0 aliphatic rings. The monoisotopic (exact) mass is 371 g/mol. The maximum atomic E-state index is 11.0. The molecule has 0 rings (SSSR count). The van der Waals surface area contributed by atoms with Crippen LogP contribution in [0.2, 0.25) is 0 Å². The SMILES string of the molecule is CCOP(=O)(C#N)OCC.CCOP(=O)([O-])C#N.C[N+](C)(C)C. The van der Waals surface area contributed by atoms with Crippen molar-refractivity contribution in [3.05, 3.63) is 0 Å². The standard InChI is InChI=1S/C5H10NO3P.C4H12N.C3H6NO3P/c1-3-8-10(7,5-6)9-4-2;1-5(2,3)4;1-2-7-8(5,6)3-4/h3-4H2,1-2H3;1-4H3;2H2,1H3,(H,5,6)/q;+1;/p-1. The van der Waals surface area contributed by atoms with Crippen LogP contribution < -0.4 is 4.89 Å². The normalized spacial score (nSPS) is 13.1. The van der Waals surface area contributed by atoms with Gasteiger partial charge in [-0.25, -0.2) is 4.57 Å². The van der Waals surface area contributed by atoms with Gasteiger partial charge in [-0.2, -0.15) is 10.5 Å². The van der Waals surface area contributed by atoms with E-state index >= 15 is 0 Å². The molecule has 136 valence electrons. The van der Waals surface area contributed by atoms with Crippen LogP contribution in [0.4, 0.5) is 0 Å². The highest BCUT2D eigenvalue weighted by atomic mass is 31.2. The second-order valence-electron chi connectivity index (χ2n) is 5.13. The molecule has 1 unspecified atom stereocenters. The molecule has 23 heavy (non-hydrogen) atoms. The van der Waals surface area contributed by atoms with Gasteiger partial charge in [0.05, 0.1) is 48.0 Å². The number of hydrogen-bond donors (Lipinski definition) is 0. The van der Waals surface area contributed by atoms with Crippen molar-refractivity contribution in [3.8, 4) is 11.6 Å². The summed E-state index contributed by atoms with van der Waals surface area (Å²) in [5.41, 5.74) is 0. The Labute approximate surface area is 139 Å². The van der Waals surface area contributed by atoms with E-state index in [1.165, 1.54) is 12.7 Å². The molecule has 0 saturated carbocycles. The molecule has 1 atom stereocenters. The molecule has 0 heterocycles. The van der Waals surface area contributed by atoms with Gasteiger partial charge in [-0.05, 0) is 20.8 Å². The first-order valence-electron chi connectivity index (χ1n) is 6.77. The predicted molar refractivity (Wildman–Crippen MR) is 85.3 cm³/mol. The van der Waals surface area contributed by atoms with Crippen molar-refractivity contribution in [1.82, 2.24) is 0 Å². The van der Waals surface area contributed by atoms with Crippen LogP contribution >= 0.6 is 15.2 Å². The third kappa shape index (κ3) is 26.5. The molecule has 0 spiro atoms. The van der Waals surface area contributed by atoms with Crippen molar-refractivity contribution in [2.45, 2.75) is 20.8 Å². The Hall–Kier alpha value is -0.760. The number of nitriles is 2. The fraction of sp³-hybridized carbons (Fsp3) is 0.833. The fourth-order valence-electron chi connectivity index (χ4n) is 0.634. The van der Waals surface area contributed by atoms with Gasteiger partial charge in [0.2, 0.25) is 7.60 Å². The van der Waals surface area contributed by atoms with Crippen LogP contribution in [0.15, 0.2) is 0 Å². The van der Waals surface area contributed by atoms with Crippen LogP contribution in [0.25, 0.3) is 0 Å². The van der Waals surface area contributed by atoms with E-state index < -0.39 is 15.2 Å². The molecule has 9 nitrogen and oxygen atoms in total. The topological polar surface area (TPSA) is 132 Å². The average molecular weight is 371 g/mol. The van der Waals surface area contributed by atoms with Crippen LogP contribution in [-0.2, 0) is 22.7 Å². The smallest absolute Gasteiger partial charge is 0.431 e. The summed E-state index contributed by atoms with van der Waals surface area (Å²) < 4.78 is 35.2. The lowest BCUT2D eigenvalue weighted by molar-refractivity contribution is -0.849. The third-order valence-electron chi connectivity index (χ3n) is 1.14. The van der Waals surface area contributed by atoms with Crippen LogP contribution in [0.5, 0.6) is 0 Å². The first-order chi connectivity index (χ1) is 10.3. The lowest BCUT2D eigenvalue weighted by Gasteiger charge is -2.14. The van der Waals surface area contributed by atoms with Gasteiger partial charge in [0.15, 0.2) is 5.81 Å². The first kappa shape index (κ1) is 27.1. The lowest BCUT2D eigenvalue weighted by Crippen LogP contribution is -2.27. The van der Waals surface area contributed by atoms with Crippen molar-refractivity contribution in [1.29, 1.82) is 10.5 Å². The number of nitrogens with zero attached hydrogens (tertiary/aromatic N) is 3. The predicted octanol–water partition coefficient (Wildman–Crippen LogP) is 2.11. The molecule has 0 fully saturated rings. The summed E-state index contributed by atoms with van der Waals surface area (Å²) in [6.45, 7) is 5.29. The van der Waals surface area contributed by atoms with Gasteiger partial charge < -0.3 is 13.9 Å². The molecule has 0 aromatic rings. The van der Waals surface area contributed by atoms with Crippen LogP contribution in [-0.4, -0.2) is 52.5 Å². The van der Waals surface area contributed by atoms with E-state index in [2.05, 4.69) is 41.8 Å². The molecule has 0 radical (unpaired) electrons. The Morgan fingerprint density at radius 1 is 0.870 bits per heavy atom. The molecule has 0 amide bonds. The first-order valence-corrected chi connectivity index (χ1v) is 9.85. The van der Waals surface area contributed by atoms with E-state index in [0.29, 0.717) is 0 Å². The van der Waals surface area contributed by atoms with Crippen LogP contribution in [0.3, 0.4) is 0 Å². The van der Waals surface area contributed by atoms with Gasteiger partial charge in [-0.1, -0.05) is 0 Å². The molecule has 0 N–H and O–H groups in total. The maximum Gasteiger partial charge on any atom is 0.431 e. The summed E-state index contributed by atoms with van der Waals surface area (Å²) in [4.78, 5) is 10.0. The molecule has 0 bridgehead atoms. The molecule has 0 saturated heterocycles. The van der Waals surface area contributed by atoms with Crippen LogP contribution in [0.1, 0.15) is 20.8 Å². The third-order valence-corrected chi connectivity index (χ3v) is 3.43. The molecular weight excluding hydrogens is 344 g/mol. The highest BCUT2D eigenvalue weighted by molar-refractivity contribution is 7.59. The van der Waals surface area contributed by atoms with Gasteiger partial charge in [0.1, 0.15) is 5.81 Å². The second kappa shape index (κ2) is 13.7. The van der Waals surface area contributed by atoms with Gasteiger partial charge in [-0.3, -0.25) is 13.6 Å². The summed E-state index contributed by atoms with van der Waals surface area (Å²) in [5, 5.41) is 16.1. The lowest BCUT2D eigenvalue weighted by atomic mass is 10.8. The number of rotatable bonds is 6. The molecule has 0 aliphatic carbocycles. The highest BCUT2D eigenvalue weighted by Crippen LogP contribution is 2.46. The summed E-state index contributed by atoms with van der Waals surface area (Å²) in [6, 6.07) is 0. The van der Waals surface area contributed by atoms with E-state index in [1.807, 2.05) is 0 Å². The van der Waals surface area contributed by atoms with Crippen molar-refractivity contribution < 1.29 is 32.1 Å². The highest BCUT2D eigenvalue weighted by Gasteiger charge is 2.21. The Morgan fingerprint density at radius 3 is 1.30 bits per heavy atom. The summed E-state index contributed by atoms with van der Waals surface area (Å²) >= 11 is 0. The van der Waals surface area contributed by atoms with E-state index in [4.69, 9.17) is 10.5 Å². The Morgan fingerprint density at radius 2 is 1.17 bits per heavy atom. The van der Waals surface area contributed by atoms with Crippen molar-refractivity contribution >= 4 is 15.2 Å². The second-order valence-corrected chi connectivity index (χ2v) is 8.30. The Kier molecular flexibility index (Phi) is 16.1. The van der Waals surface area contributed by atoms with E-state index in [9.17, 15) is 14.0 Å². The molecule has 11 heteroatoms. The largest absolute Gasteiger partial charge is 0.767 e. The van der Waals surface area contributed by atoms with Crippen molar-refractivity contribution in [3.63, 3.8) is 0 Å². The minimum Gasteiger partial charge on any atom is -0.767 e. The zero-order chi connectivity index (χ0) is 19.2. The van der Waals surface area contributed by atoms with Gasteiger partial charge in [0, 0.05) is 0 Å². The Balaban J connectivity index is -0.000000276. The van der Waals surface area contributed by atoms with Crippen molar-refractivity contribution in [2.75, 3.05) is 48.0 Å². The summed E-state index contributed by atoms with van der Waals surface area (Å²) in [6.07, 6.45) is 0. The summed E-state index contributed by atoms with van der Waals surface area (Å²) in [7, 11) is 0.987. The van der Waals surface area contributed by atoms with E-state index in [-0.39, 0.29) is 19.8 Å². The number of hydrogen-bond acceptors (Lipinski definition) is 8. The van der Waals surface area contributed by atoms with E-state index in [1.54, 1.807) is 13.8 Å². The van der Waals surface area contributed by atoms with E-state index in [0.717, 1.165) is 10.3 Å². The van der Waals surface area contributed by atoms with Gasteiger partial charge in [-0.15, -0.1) is 0 Å². The van der Waals surface area contributed by atoms with Crippen molar-refractivity contribution in [2.24, 2.45) is 0 Å². The average Bonchev–Trinajstić information content (AvgIpc) is 2.38. The zero-order valence-electron chi connectivity index (χ0n) is 14.8. The quantitative estimate of drug-likeness (QED) is 0.512. The van der Waals surface area contributed by atoms with Gasteiger partial charge >= 0.3 is 7.60 Å². The molecule has 0 aromatic carbocycles. The minimum absolute atomic E-state index is 0.0222. The Bertz CT molecular complexity index is 463. The minimum atomic E-state index is -4.12. The number of quaternary nitrogens is 1. The molecule has 0 aromatic heterocycles. The molecular formula is C12H27N3O6P2. The van der Waals surface area contributed by atoms with Gasteiger partial charge in [0.25, 0.3) is 0 Å². The summed E-state index contributed by atoms with van der Waals surface area (Å²) in [5.74, 6) is 2.51. The zero-order valence-corrected chi connectivity index (χ0v) is 16.6. The van der Waals surface area contributed by atoms with Crippen LogP contribution in [0, 0.1) is 22.1 Å². The maximum absolute atomic E-state index is 11.0.